The smallest absolute Gasteiger partial charge is 0.125 e. The summed E-state index contributed by atoms with van der Waals surface area (Å²) in [6.45, 7) is 0. The molecule has 3 rings (SSSR count). The van der Waals surface area contributed by atoms with Crippen LogP contribution in [-0.2, 0) is 6.42 Å². The van der Waals surface area contributed by atoms with Crippen LogP contribution in [0.4, 0.5) is 10.1 Å². The molecule has 0 spiro atoms. The van der Waals surface area contributed by atoms with E-state index in [2.05, 4.69) is 17.4 Å². The number of hydrogen-bond donors (Lipinski definition) is 1. The minimum absolute atomic E-state index is 0.211. The number of benzene rings is 2. The SMILES string of the molecule is COc1ccc2c(c1)C(Nc1cccc(F)c1)CCC2. The molecule has 2 aromatic rings. The largest absolute Gasteiger partial charge is 0.497 e. The third-order valence-corrected chi connectivity index (χ3v) is 3.83. The molecule has 1 aliphatic carbocycles. The molecule has 0 saturated carbocycles. The molecule has 0 amide bonds. The molecule has 20 heavy (non-hydrogen) atoms. The third-order valence-electron chi connectivity index (χ3n) is 3.83. The number of halogens is 1. The Morgan fingerprint density at radius 2 is 2.10 bits per heavy atom. The Kier molecular flexibility index (Phi) is 3.59. The highest BCUT2D eigenvalue weighted by atomic mass is 19.1. The van der Waals surface area contributed by atoms with Crippen molar-refractivity contribution in [2.45, 2.75) is 25.3 Å². The number of aryl methyl sites for hydroxylation is 1. The van der Waals surface area contributed by atoms with E-state index in [4.69, 9.17) is 4.74 Å². The molecule has 104 valence electrons. The van der Waals surface area contributed by atoms with E-state index < -0.39 is 0 Å². The van der Waals surface area contributed by atoms with Gasteiger partial charge in [-0.1, -0.05) is 12.1 Å². The maximum Gasteiger partial charge on any atom is 0.125 e. The Hall–Kier alpha value is -2.03. The minimum Gasteiger partial charge on any atom is -0.497 e. The molecule has 1 unspecified atom stereocenters. The van der Waals surface area contributed by atoms with Crippen molar-refractivity contribution in [3.8, 4) is 5.75 Å². The van der Waals surface area contributed by atoms with Crippen molar-refractivity contribution in [1.82, 2.24) is 0 Å². The second-order valence-corrected chi connectivity index (χ2v) is 5.16. The van der Waals surface area contributed by atoms with Crippen LogP contribution in [0.25, 0.3) is 0 Å². The molecule has 0 saturated heterocycles. The monoisotopic (exact) mass is 271 g/mol. The van der Waals surface area contributed by atoms with Gasteiger partial charge < -0.3 is 10.1 Å². The number of nitrogens with one attached hydrogen (secondary N) is 1. The van der Waals surface area contributed by atoms with E-state index in [1.165, 1.54) is 23.3 Å². The summed E-state index contributed by atoms with van der Waals surface area (Å²) < 4.78 is 18.6. The highest BCUT2D eigenvalue weighted by Gasteiger charge is 2.20. The molecule has 0 aliphatic heterocycles. The fraction of sp³-hybridized carbons (Fsp3) is 0.294. The van der Waals surface area contributed by atoms with Gasteiger partial charge in [0.2, 0.25) is 0 Å². The number of fused-ring (bicyclic) bond motifs is 1. The highest BCUT2D eigenvalue weighted by Crippen LogP contribution is 2.34. The van der Waals surface area contributed by atoms with Crippen LogP contribution in [0.15, 0.2) is 42.5 Å². The van der Waals surface area contributed by atoms with Gasteiger partial charge in [0.05, 0.1) is 13.2 Å². The minimum atomic E-state index is -0.211. The van der Waals surface area contributed by atoms with Gasteiger partial charge >= 0.3 is 0 Å². The van der Waals surface area contributed by atoms with Crippen molar-refractivity contribution < 1.29 is 9.13 Å². The van der Waals surface area contributed by atoms with E-state index in [0.717, 1.165) is 30.7 Å². The first kappa shape index (κ1) is 13.0. The van der Waals surface area contributed by atoms with Crippen LogP contribution in [0.1, 0.15) is 30.0 Å². The van der Waals surface area contributed by atoms with Gasteiger partial charge in [-0.05, 0) is 60.7 Å². The Morgan fingerprint density at radius 1 is 1.20 bits per heavy atom. The standard InChI is InChI=1S/C17H18FNO/c1-20-15-9-8-12-4-2-7-17(16(12)11-15)19-14-6-3-5-13(18)10-14/h3,5-6,8-11,17,19H,2,4,7H2,1H3. The van der Waals surface area contributed by atoms with Crippen molar-refractivity contribution in [1.29, 1.82) is 0 Å². The third kappa shape index (κ3) is 2.62. The predicted octanol–water partition coefficient (Wildman–Crippen LogP) is 4.32. The van der Waals surface area contributed by atoms with E-state index in [1.54, 1.807) is 13.2 Å². The van der Waals surface area contributed by atoms with Crippen LogP contribution in [0.3, 0.4) is 0 Å². The summed E-state index contributed by atoms with van der Waals surface area (Å²) in [6.07, 6.45) is 3.30. The second kappa shape index (κ2) is 5.53. The van der Waals surface area contributed by atoms with Crippen molar-refractivity contribution in [2.24, 2.45) is 0 Å². The molecule has 2 nitrogen and oxygen atoms in total. The van der Waals surface area contributed by atoms with E-state index in [9.17, 15) is 4.39 Å². The van der Waals surface area contributed by atoms with Crippen LogP contribution in [-0.4, -0.2) is 7.11 Å². The lowest BCUT2D eigenvalue weighted by Crippen LogP contribution is -2.17. The van der Waals surface area contributed by atoms with E-state index in [-0.39, 0.29) is 11.9 Å². The maximum atomic E-state index is 13.3. The summed E-state index contributed by atoms with van der Waals surface area (Å²) in [4.78, 5) is 0. The quantitative estimate of drug-likeness (QED) is 0.897. The van der Waals surface area contributed by atoms with Gasteiger partial charge in [0.1, 0.15) is 11.6 Å². The van der Waals surface area contributed by atoms with Gasteiger partial charge in [0, 0.05) is 5.69 Å². The molecule has 3 heteroatoms. The number of methoxy groups -OCH3 is 1. The Morgan fingerprint density at radius 3 is 2.90 bits per heavy atom. The molecule has 0 fully saturated rings. The van der Waals surface area contributed by atoms with Gasteiger partial charge in [-0.3, -0.25) is 0 Å². The van der Waals surface area contributed by atoms with Crippen LogP contribution in [0.5, 0.6) is 5.75 Å². The van der Waals surface area contributed by atoms with Crippen LogP contribution in [0, 0.1) is 5.82 Å². The van der Waals surface area contributed by atoms with E-state index in [0.29, 0.717) is 0 Å². The summed E-state index contributed by atoms with van der Waals surface area (Å²) >= 11 is 0. The zero-order chi connectivity index (χ0) is 13.9. The van der Waals surface area contributed by atoms with Crippen molar-refractivity contribution in [3.05, 3.63) is 59.4 Å². The number of hydrogen-bond acceptors (Lipinski definition) is 2. The molecular weight excluding hydrogens is 253 g/mol. The van der Waals surface area contributed by atoms with Crippen molar-refractivity contribution >= 4 is 5.69 Å². The molecular formula is C17H18FNO. The Labute approximate surface area is 118 Å². The van der Waals surface area contributed by atoms with Crippen molar-refractivity contribution in [3.63, 3.8) is 0 Å². The molecule has 1 aliphatic rings. The topological polar surface area (TPSA) is 21.3 Å². The first-order chi connectivity index (χ1) is 9.76. The lowest BCUT2D eigenvalue weighted by Gasteiger charge is -2.27. The maximum absolute atomic E-state index is 13.3. The summed E-state index contributed by atoms with van der Waals surface area (Å²) in [5.74, 6) is 0.661. The average Bonchev–Trinajstić information content (AvgIpc) is 2.47. The number of anilines is 1. The first-order valence-corrected chi connectivity index (χ1v) is 6.95. The fourth-order valence-electron chi connectivity index (χ4n) is 2.83. The lowest BCUT2D eigenvalue weighted by atomic mass is 9.87. The molecule has 1 N–H and O–H groups in total. The summed E-state index contributed by atoms with van der Waals surface area (Å²) in [6, 6.07) is 13.1. The molecule has 1 atom stereocenters. The zero-order valence-electron chi connectivity index (χ0n) is 11.5. The summed E-state index contributed by atoms with van der Waals surface area (Å²) in [5.41, 5.74) is 3.44. The van der Waals surface area contributed by atoms with Gasteiger partial charge in [-0.15, -0.1) is 0 Å². The average molecular weight is 271 g/mol. The summed E-state index contributed by atoms with van der Waals surface area (Å²) in [5, 5.41) is 3.43. The van der Waals surface area contributed by atoms with Crippen LogP contribution < -0.4 is 10.1 Å². The second-order valence-electron chi connectivity index (χ2n) is 5.16. The number of rotatable bonds is 3. The van der Waals surface area contributed by atoms with Crippen molar-refractivity contribution in [2.75, 3.05) is 12.4 Å². The molecule has 0 heterocycles. The Balaban J connectivity index is 1.89. The first-order valence-electron chi connectivity index (χ1n) is 6.95. The van der Waals surface area contributed by atoms with E-state index >= 15 is 0 Å². The van der Waals surface area contributed by atoms with Gasteiger partial charge in [-0.2, -0.15) is 0 Å². The highest BCUT2D eigenvalue weighted by molar-refractivity contribution is 5.48. The molecule has 0 bridgehead atoms. The van der Waals surface area contributed by atoms with E-state index in [1.807, 2.05) is 12.1 Å². The summed E-state index contributed by atoms with van der Waals surface area (Å²) in [7, 11) is 1.68. The van der Waals surface area contributed by atoms with Crippen LogP contribution >= 0.6 is 0 Å². The Bertz CT molecular complexity index is 612. The molecule has 0 aromatic heterocycles. The van der Waals surface area contributed by atoms with Gasteiger partial charge in [0.15, 0.2) is 0 Å². The molecule has 0 radical (unpaired) electrons. The lowest BCUT2D eigenvalue weighted by molar-refractivity contribution is 0.413. The normalized spacial score (nSPS) is 17.4. The van der Waals surface area contributed by atoms with Gasteiger partial charge in [0.25, 0.3) is 0 Å². The van der Waals surface area contributed by atoms with Gasteiger partial charge in [-0.25, -0.2) is 4.39 Å². The predicted molar refractivity (Wildman–Crippen MR) is 78.7 cm³/mol. The van der Waals surface area contributed by atoms with Crippen LogP contribution in [0.2, 0.25) is 0 Å². The number of ether oxygens (including phenoxy) is 1. The fourth-order valence-corrected chi connectivity index (χ4v) is 2.83. The molecule has 2 aromatic carbocycles. The zero-order valence-corrected chi connectivity index (χ0v) is 11.5.